The summed E-state index contributed by atoms with van der Waals surface area (Å²) in [7, 11) is 0. The van der Waals surface area contributed by atoms with Crippen molar-refractivity contribution < 1.29 is 14.7 Å². The van der Waals surface area contributed by atoms with E-state index in [1.165, 1.54) is 12.3 Å². The molecule has 1 N–H and O–H groups in total. The third-order valence-corrected chi connectivity index (χ3v) is 2.44. The van der Waals surface area contributed by atoms with Crippen molar-refractivity contribution in [1.29, 1.82) is 0 Å². The molecule has 0 spiro atoms. The van der Waals surface area contributed by atoms with E-state index in [-0.39, 0.29) is 16.4 Å². The monoisotopic (exact) mass is 256 g/mol. The zero-order valence-electron chi connectivity index (χ0n) is 9.77. The van der Waals surface area contributed by atoms with E-state index in [2.05, 4.69) is 4.98 Å². The Bertz CT molecular complexity index is 455. The predicted molar refractivity (Wildman–Crippen MR) is 64.9 cm³/mol. The van der Waals surface area contributed by atoms with Crippen LogP contribution in [0.3, 0.4) is 0 Å². The Hall–Kier alpha value is -1.62. The van der Waals surface area contributed by atoms with Crippen LogP contribution in [0.4, 0.5) is 10.5 Å². The van der Waals surface area contributed by atoms with E-state index in [0.29, 0.717) is 6.29 Å². The number of nitrogens with zero attached hydrogens (tertiary/aromatic N) is 2. The van der Waals surface area contributed by atoms with Crippen molar-refractivity contribution in [3.8, 4) is 0 Å². The molecule has 0 atom stereocenters. The number of carbonyl (C=O) groups excluding carboxylic acids is 1. The van der Waals surface area contributed by atoms with E-state index in [1.54, 1.807) is 20.8 Å². The second-order valence-corrected chi connectivity index (χ2v) is 4.80. The number of pyridine rings is 1. The Balaban J connectivity index is 3.44. The average Bonchev–Trinajstić information content (AvgIpc) is 2.15. The first-order valence-electron chi connectivity index (χ1n) is 4.92. The normalized spacial score (nSPS) is 11.1. The maximum absolute atomic E-state index is 11.3. The number of rotatable bonds is 2. The van der Waals surface area contributed by atoms with Gasteiger partial charge < -0.3 is 5.11 Å². The summed E-state index contributed by atoms with van der Waals surface area (Å²) in [5.74, 6) is 0. The predicted octanol–water partition coefficient (Wildman–Crippen LogP) is 2.83. The van der Waals surface area contributed by atoms with Gasteiger partial charge in [0.05, 0.1) is 11.3 Å². The summed E-state index contributed by atoms with van der Waals surface area (Å²) in [4.78, 5) is 27.1. The first-order chi connectivity index (χ1) is 7.79. The molecule has 0 unspecified atom stereocenters. The summed E-state index contributed by atoms with van der Waals surface area (Å²) in [6.07, 6.45) is 0.724. The third kappa shape index (κ3) is 2.74. The van der Waals surface area contributed by atoms with Gasteiger partial charge in [-0.1, -0.05) is 11.6 Å². The van der Waals surface area contributed by atoms with Gasteiger partial charge in [0.2, 0.25) is 0 Å². The highest BCUT2D eigenvalue weighted by Gasteiger charge is 2.30. The van der Waals surface area contributed by atoms with Gasteiger partial charge in [-0.05, 0) is 26.8 Å². The van der Waals surface area contributed by atoms with Crippen molar-refractivity contribution in [3.05, 3.63) is 23.0 Å². The molecule has 17 heavy (non-hydrogen) atoms. The Morgan fingerprint density at radius 2 is 2.12 bits per heavy atom. The lowest BCUT2D eigenvalue weighted by molar-refractivity contribution is 0.112. The van der Waals surface area contributed by atoms with Crippen LogP contribution in [-0.2, 0) is 0 Å². The quantitative estimate of drug-likeness (QED) is 0.652. The lowest BCUT2D eigenvalue weighted by Crippen LogP contribution is -2.45. The van der Waals surface area contributed by atoms with Crippen molar-refractivity contribution in [2.75, 3.05) is 4.90 Å². The number of carboxylic acid groups (broad SMARTS) is 1. The molecular weight excluding hydrogens is 244 g/mol. The van der Waals surface area contributed by atoms with Crippen LogP contribution in [0.2, 0.25) is 5.15 Å². The number of aldehydes is 1. The number of amides is 1. The highest BCUT2D eigenvalue weighted by atomic mass is 35.5. The van der Waals surface area contributed by atoms with E-state index in [9.17, 15) is 14.7 Å². The Morgan fingerprint density at radius 3 is 2.53 bits per heavy atom. The van der Waals surface area contributed by atoms with Gasteiger partial charge in [0.1, 0.15) is 5.15 Å². The highest BCUT2D eigenvalue weighted by molar-refractivity contribution is 6.32. The molecule has 1 aromatic rings. The minimum atomic E-state index is -1.15. The molecule has 0 fully saturated rings. The zero-order chi connectivity index (χ0) is 13.2. The molecule has 1 aromatic heterocycles. The van der Waals surface area contributed by atoms with Crippen LogP contribution in [0.5, 0.6) is 0 Å². The zero-order valence-corrected chi connectivity index (χ0v) is 10.5. The standard InChI is InChI=1S/C11H13ClN2O3/c1-11(2,3)14(10(16)17)8-4-5-13-9(12)7(8)6-15/h4-6H,1-3H3,(H,16,17). The van der Waals surface area contributed by atoms with Gasteiger partial charge in [-0.25, -0.2) is 9.78 Å². The van der Waals surface area contributed by atoms with Crippen molar-refractivity contribution in [2.24, 2.45) is 0 Å². The van der Waals surface area contributed by atoms with Gasteiger partial charge in [-0.15, -0.1) is 0 Å². The highest BCUT2D eigenvalue weighted by Crippen LogP contribution is 2.29. The van der Waals surface area contributed by atoms with Crippen LogP contribution < -0.4 is 4.90 Å². The van der Waals surface area contributed by atoms with Gasteiger partial charge in [-0.2, -0.15) is 0 Å². The molecule has 1 rings (SSSR count). The smallest absolute Gasteiger partial charge is 0.412 e. The molecule has 0 saturated carbocycles. The number of hydrogen-bond acceptors (Lipinski definition) is 3. The second kappa shape index (κ2) is 4.71. The van der Waals surface area contributed by atoms with E-state index in [0.717, 1.165) is 4.90 Å². The minimum absolute atomic E-state index is 0.00648. The fourth-order valence-electron chi connectivity index (χ4n) is 1.49. The number of anilines is 1. The average molecular weight is 257 g/mol. The number of aromatic nitrogens is 1. The molecular formula is C11H13ClN2O3. The van der Waals surface area contributed by atoms with Crippen molar-refractivity contribution >= 4 is 29.7 Å². The summed E-state index contributed by atoms with van der Waals surface area (Å²) in [6.45, 7) is 5.18. The van der Waals surface area contributed by atoms with Crippen molar-refractivity contribution in [2.45, 2.75) is 26.3 Å². The maximum atomic E-state index is 11.3. The fraction of sp³-hybridized carbons (Fsp3) is 0.364. The molecule has 0 aliphatic carbocycles. The molecule has 92 valence electrons. The molecule has 0 aliphatic rings. The van der Waals surface area contributed by atoms with Crippen LogP contribution in [0.1, 0.15) is 31.1 Å². The SMILES string of the molecule is CC(C)(C)N(C(=O)O)c1ccnc(Cl)c1C=O. The van der Waals surface area contributed by atoms with E-state index >= 15 is 0 Å². The fourth-order valence-corrected chi connectivity index (χ4v) is 1.69. The first kappa shape index (κ1) is 13.4. The summed E-state index contributed by atoms with van der Waals surface area (Å²) in [5, 5.41) is 9.21. The molecule has 0 aliphatic heterocycles. The molecule has 5 nitrogen and oxygen atoms in total. The molecule has 0 aromatic carbocycles. The van der Waals surface area contributed by atoms with Gasteiger partial charge in [-0.3, -0.25) is 9.69 Å². The van der Waals surface area contributed by atoms with Gasteiger partial charge in [0, 0.05) is 11.7 Å². The molecule has 6 heteroatoms. The van der Waals surface area contributed by atoms with E-state index < -0.39 is 11.6 Å². The van der Waals surface area contributed by atoms with Crippen molar-refractivity contribution in [1.82, 2.24) is 4.98 Å². The van der Waals surface area contributed by atoms with Crippen molar-refractivity contribution in [3.63, 3.8) is 0 Å². The summed E-state index contributed by atoms with van der Waals surface area (Å²) < 4.78 is 0. The Labute approximate surface area is 104 Å². The number of carbonyl (C=O) groups is 2. The lowest BCUT2D eigenvalue weighted by atomic mass is 10.0. The summed E-state index contributed by atoms with van der Waals surface area (Å²) in [6, 6.07) is 1.45. The lowest BCUT2D eigenvalue weighted by Gasteiger charge is -2.33. The van der Waals surface area contributed by atoms with Crippen LogP contribution in [-0.4, -0.2) is 28.0 Å². The molecule has 0 bridgehead atoms. The Kier molecular flexibility index (Phi) is 3.72. The van der Waals surface area contributed by atoms with Gasteiger partial charge >= 0.3 is 6.09 Å². The van der Waals surface area contributed by atoms with Crippen LogP contribution in [0, 0.1) is 0 Å². The molecule has 0 radical (unpaired) electrons. The van der Waals surface area contributed by atoms with Gasteiger partial charge in [0.15, 0.2) is 6.29 Å². The minimum Gasteiger partial charge on any atom is -0.465 e. The van der Waals surface area contributed by atoms with E-state index in [1.807, 2.05) is 0 Å². The Morgan fingerprint density at radius 1 is 1.53 bits per heavy atom. The molecule has 1 heterocycles. The number of hydrogen-bond donors (Lipinski definition) is 1. The summed E-state index contributed by atoms with van der Waals surface area (Å²) >= 11 is 5.77. The largest absolute Gasteiger partial charge is 0.465 e. The third-order valence-electron chi connectivity index (χ3n) is 2.14. The van der Waals surface area contributed by atoms with Crippen LogP contribution in [0.15, 0.2) is 12.3 Å². The van der Waals surface area contributed by atoms with Crippen LogP contribution in [0.25, 0.3) is 0 Å². The van der Waals surface area contributed by atoms with Crippen LogP contribution >= 0.6 is 11.6 Å². The molecule has 0 saturated heterocycles. The topological polar surface area (TPSA) is 70.5 Å². The maximum Gasteiger partial charge on any atom is 0.412 e. The summed E-state index contributed by atoms with van der Waals surface area (Å²) in [5.41, 5.74) is -0.375. The van der Waals surface area contributed by atoms with Gasteiger partial charge in [0.25, 0.3) is 0 Å². The first-order valence-corrected chi connectivity index (χ1v) is 5.29. The van der Waals surface area contributed by atoms with E-state index in [4.69, 9.17) is 11.6 Å². The number of halogens is 1. The molecule has 1 amide bonds. The second-order valence-electron chi connectivity index (χ2n) is 4.44.